The van der Waals surface area contributed by atoms with E-state index in [1.54, 1.807) is 10.6 Å². The molecular weight excluding hydrogens is 322 g/mol. The summed E-state index contributed by atoms with van der Waals surface area (Å²) in [6, 6.07) is 2.67. The van der Waals surface area contributed by atoms with Gasteiger partial charge in [-0.2, -0.15) is 0 Å². The highest BCUT2D eigenvalue weighted by Crippen LogP contribution is 2.31. The van der Waals surface area contributed by atoms with E-state index in [-0.39, 0.29) is 17.0 Å². The molecule has 3 heterocycles. The zero-order chi connectivity index (χ0) is 18.1. The molecule has 2 bridgehead atoms. The molecule has 3 atom stereocenters. The molecule has 1 amide bonds. The average molecular weight is 347 g/mol. The standard InChI is InChI=1S/C18H25N3O4/c1-10(2)15(18(24)25-3)20-16(22)13-4-5-14-12-6-11(7-19-8-12)9-21(14)17(13)23/h4-5,10-12,15,19H,6-9H2,1-3H3,(H,20,22)/t11-,12+,15-/m0/s1. The molecule has 0 radical (unpaired) electrons. The number of piperidine rings is 1. The van der Waals surface area contributed by atoms with E-state index < -0.39 is 17.9 Å². The molecule has 2 aliphatic rings. The number of esters is 1. The fourth-order valence-corrected chi connectivity index (χ4v) is 3.81. The van der Waals surface area contributed by atoms with E-state index in [2.05, 4.69) is 10.6 Å². The van der Waals surface area contributed by atoms with Crippen LogP contribution in [0.5, 0.6) is 0 Å². The zero-order valence-corrected chi connectivity index (χ0v) is 14.9. The average Bonchev–Trinajstić information content (AvgIpc) is 2.59. The second-order valence-electron chi connectivity index (χ2n) is 7.26. The number of carbonyl (C=O) groups excluding carboxylic acids is 2. The number of aromatic nitrogens is 1. The molecule has 0 spiro atoms. The van der Waals surface area contributed by atoms with Crippen LogP contribution in [0.15, 0.2) is 16.9 Å². The summed E-state index contributed by atoms with van der Waals surface area (Å²) in [5.74, 6) is -0.445. The molecule has 7 nitrogen and oxygen atoms in total. The molecule has 7 heteroatoms. The number of hydrogen-bond acceptors (Lipinski definition) is 5. The maximum absolute atomic E-state index is 12.8. The molecule has 0 unspecified atom stereocenters. The van der Waals surface area contributed by atoms with Crippen molar-refractivity contribution in [1.82, 2.24) is 15.2 Å². The van der Waals surface area contributed by atoms with Crippen molar-refractivity contribution in [2.75, 3.05) is 20.2 Å². The topological polar surface area (TPSA) is 89.4 Å². The Morgan fingerprint density at radius 2 is 2.08 bits per heavy atom. The lowest BCUT2D eigenvalue weighted by Gasteiger charge is -2.37. The second-order valence-corrected chi connectivity index (χ2v) is 7.26. The predicted molar refractivity (Wildman–Crippen MR) is 92.5 cm³/mol. The lowest BCUT2D eigenvalue weighted by Crippen LogP contribution is -2.48. The van der Waals surface area contributed by atoms with E-state index in [4.69, 9.17) is 4.74 Å². The summed E-state index contributed by atoms with van der Waals surface area (Å²) in [6.45, 7) is 6.02. The number of carbonyl (C=O) groups is 2. The number of methoxy groups -OCH3 is 1. The first-order chi connectivity index (χ1) is 11.9. The van der Waals surface area contributed by atoms with Crippen molar-refractivity contribution >= 4 is 11.9 Å². The van der Waals surface area contributed by atoms with Crippen molar-refractivity contribution in [3.63, 3.8) is 0 Å². The SMILES string of the molecule is COC(=O)[C@@H](NC(=O)c1ccc2n(c1=O)C[C@@H]1CNC[C@H]2C1)C(C)C. The second kappa shape index (κ2) is 7.00. The Kier molecular flexibility index (Phi) is 4.94. The third-order valence-electron chi connectivity index (χ3n) is 5.16. The Hall–Kier alpha value is -2.15. The minimum atomic E-state index is -0.776. The molecule has 1 aromatic rings. The van der Waals surface area contributed by atoms with Gasteiger partial charge in [-0.25, -0.2) is 4.79 Å². The summed E-state index contributed by atoms with van der Waals surface area (Å²) in [7, 11) is 1.28. The van der Waals surface area contributed by atoms with Crippen molar-refractivity contribution in [2.45, 2.75) is 38.8 Å². The minimum Gasteiger partial charge on any atom is -0.467 e. The first kappa shape index (κ1) is 17.7. The van der Waals surface area contributed by atoms with Crippen molar-refractivity contribution in [1.29, 1.82) is 0 Å². The number of amides is 1. The smallest absolute Gasteiger partial charge is 0.328 e. The third kappa shape index (κ3) is 3.33. The Bertz CT molecular complexity index is 740. The largest absolute Gasteiger partial charge is 0.467 e. The summed E-state index contributed by atoms with van der Waals surface area (Å²) >= 11 is 0. The van der Waals surface area contributed by atoms with Crippen LogP contribution in [0.25, 0.3) is 0 Å². The predicted octanol–water partition coefficient (Wildman–Crippen LogP) is 0.482. The molecule has 2 aliphatic heterocycles. The molecule has 0 aliphatic carbocycles. The van der Waals surface area contributed by atoms with Gasteiger partial charge >= 0.3 is 5.97 Å². The Morgan fingerprint density at radius 1 is 1.32 bits per heavy atom. The summed E-state index contributed by atoms with van der Waals surface area (Å²) in [4.78, 5) is 37.3. The van der Waals surface area contributed by atoms with Crippen LogP contribution in [0.4, 0.5) is 0 Å². The summed E-state index contributed by atoms with van der Waals surface area (Å²) in [5.41, 5.74) is 0.781. The Balaban J connectivity index is 1.88. The van der Waals surface area contributed by atoms with Gasteiger partial charge in [-0.1, -0.05) is 13.8 Å². The number of rotatable bonds is 4. The van der Waals surface area contributed by atoms with E-state index in [0.29, 0.717) is 18.4 Å². The minimum absolute atomic E-state index is 0.0752. The van der Waals surface area contributed by atoms with E-state index >= 15 is 0 Å². The molecule has 1 fully saturated rings. The molecule has 0 aromatic carbocycles. The number of nitrogens with one attached hydrogen (secondary N) is 2. The Labute approximate surface area is 146 Å². The van der Waals surface area contributed by atoms with Gasteiger partial charge in [0.05, 0.1) is 7.11 Å². The first-order valence-corrected chi connectivity index (χ1v) is 8.75. The van der Waals surface area contributed by atoms with Crippen molar-refractivity contribution < 1.29 is 14.3 Å². The molecular formula is C18H25N3O4. The van der Waals surface area contributed by atoms with E-state index in [1.807, 2.05) is 19.9 Å². The highest BCUT2D eigenvalue weighted by molar-refractivity contribution is 5.96. The molecule has 1 saturated heterocycles. The van der Waals surface area contributed by atoms with E-state index in [9.17, 15) is 14.4 Å². The van der Waals surface area contributed by atoms with Crippen LogP contribution in [0.2, 0.25) is 0 Å². The Morgan fingerprint density at radius 3 is 2.76 bits per heavy atom. The molecule has 1 aromatic heterocycles. The van der Waals surface area contributed by atoms with E-state index in [1.165, 1.54) is 7.11 Å². The third-order valence-corrected chi connectivity index (χ3v) is 5.16. The summed E-state index contributed by atoms with van der Waals surface area (Å²) in [5, 5.41) is 6.04. The molecule has 25 heavy (non-hydrogen) atoms. The molecule has 0 saturated carbocycles. The number of fused-ring (bicyclic) bond motifs is 4. The van der Waals surface area contributed by atoms with Crippen LogP contribution in [0.1, 0.15) is 42.2 Å². The van der Waals surface area contributed by atoms with E-state index in [0.717, 1.165) is 25.2 Å². The van der Waals surface area contributed by atoms with Crippen LogP contribution in [0.3, 0.4) is 0 Å². The maximum Gasteiger partial charge on any atom is 0.328 e. The normalized spacial score (nSPS) is 22.9. The van der Waals surface area contributed by atoms with Crippen LogP contribution in [-0.4, -0.2) is 42.7 Å². The van der Waals surface area contributed by atoms with Gasteiger partial charge < -0.3 is 19.9 Å². The summed E-state index contributed by atoms with van der Waals surface area (Å²) in [6.07, 6.45) is 1.08. The van der Waals surface area contributed by atoms with Gasteiger partial charge in [-0.15, -0.1) is 0 Å². The van der Waals surface area contributed by atoms with Crippen LogP contribution < -0.4 is 16.2 Å². The molecule has 2 N–H and O–H groups in total. The lowest BCUT2D eigenvalue weighted by molar-refractivity contribution is -0.144. The fraction of sp³-hybridized carbons (Fsp3) is 0.611. The van der Waals surface area contributed by atoms with Crippen LogP contribution >= 0.6 is 0 Å². The molecule has 3 rings (SSSR count). The first-order valence-electron chi connectivity index (χ1n) is 8.75. The molecule has 136 valence electrons. The highest BCUT2D eigenvalue weighted by atomic mass is 16.5. The van der Waals surface area contributed by atoms with Gasteiger partial charge in [-0.3, -0.25) is 9.59 Å². The maximum atomic E-state index is 12.8. The monoisotopic (exact) mass is 347 g/mol. The number of pyridine rings is 1. The van der Waals surface area contributed by atoms with Gasteiger partial charge in [0.2, 0.25) is 0 Å². The lowest BCUT2D eigenvalue weighted by atomic mass is 9.84. The van der Waals surface area contributed by atoms with Gasteiger partial charge in [0.15, 0.2) is 0 Å². The number of ether oxygens (including phenoxy) is 1. The van der Waals surface area contributed by atoms with Crippen molar-refractivity contribution in [3.05, 3.63) is 33.7 Å². The quantitative estimate of drug-likeness (QED) is 0.774. The van der Waals surface area contributed by atoms with Gasteiger partial charge in [0, 0.05) is 24.7 Å². The van der Waals surface area contributed by atoms with Gasteiger partial charge in [-0.05, 0) is 36.9 Å². The van der Waals surface area contributed by atoms with Crippen LogP contribution in [-0.2, 0) is 16.1 Å². The van der Waals surface area contributed by atoms with Crippen molar-refractivity contribution in [3.8, 4) is 0 Å². The number of hydrogen-bond donors (Lipinski definition) is 2. The van der Waals surface area contributed by atoms with Crippen molar-refractivity contribution in [2.24, 2.45) is 11.8 Å². The number of nitrogens with zero attached hydrogens (tertiary/aromatic N) is 1. The van der Waals surface area contributed by atoms with Gasteiger partial charge in [0.25, 0.3) is 11.5 Å². The van der Waals surface area contributed by atoms with Gasteiger partial charge in [0.1, 0.15) is 11.6 Å². The highest BCUT2D eigenvalue weighted by Gasteiger charge is 2.32. The summed E-state index contributed by atoms with van der Waals surface area (Å²) < 4.78 is 6.47. The zero-order valence-electron chi connectivity index (χ0n) is 14.9. The van der Waals surface area contributed by atoms with Crippen LogP contribution in [0, 0.1) is 11.8 Å². The fourth-order valence-electron chi connectivity index (χ4n) is 3.81.